The first kappa shape index (κ1) is 17.0. The van der Waals surface area contributed by atoms with Crippen molar-refractivity contribution in [3.63, 3.8) is 0 Å². The van der Waals surface area contributed by atoms with E-state index in [2.05, 4.69) is 29.2 Å². The molecule has 0 saturated carbocycles. The molecule has 3 fully saturated rings. The first-order valence-electron chi connectivity index (χ1n) is 9.22. The van der Waals surface area contributed by atoms with Gasteiger partial charge in [-0.15, -0.1) is 0 Å². The van der Waals surface area contributed by atoms with Crippen molar-refractivity contribution in [2.45, 2.75) is 51.5 Å². The third-order valence-electron chi connectivity index (χ3n) is 5.43. The van der Waals surface area contributed by atoms with Crippen molar-refractivity contribution in [2.24, 2.45) is 5.92 Å². The summed E-state index contributed by atoms with van der Waals surface area (Å²) in [5, 5.41) is 0. The zero-order chi connectivity index (χ0) is 16.9. The highest BCUT2D eigenvalue weighted by molar-refractivity contribution is 5.77. The maximum Gasteiger partial charge on any atom is 0.222 e. The monoisotopic (exact) mass is 328 g/mol. The summed E-state index contributed by atoms with van der Waals surface area (Å²) in [7, 11) is 0. The van der Waals surface area contributed by atoms with Crippen molar-refractivity contribution in [2.75, 3.05) is 19.6 Å². The Morgan fingerprint density at radius 1 is 1.04 bits per heavy atom. The number of carbonyl (C=O) groups is 2. The maximum absolute atomic E-state index is 12.7. The van der Waals surface area contributed by atoms with Gasteiger partial charge in [0, 0.05) is 39.0 Å². The lowest BCUT2D eigenvalue weighted by Crippen LogP contribution is -2.47. The van der Waals surface area contributed by atoms with Crippen molar-refractivity contribution in [3.05, 3.63) is 35.9 Å². The molecule has 3 heterocycles. The van der Waals surface area contributed by atoms with Crippen molar-refractivity contribution < 1.29 is 9.59 Å². The molecule has 2 bridgehead atoms. The van der Waals surface area contributed by atoms with Gasteiger partial charge in [-0.2, -0.15) is 0 Å². The fraction of sp³-hybridized carbons (Fsp3) is 0.600. The van der Waals surface area contributed by atoms with Crippen LogP contribution in [0.3, 0.4) is 0 Å². The minimum atomic E-state index is 0.143. The Morgan fingerprint density at radius 3 is 2.58 bits per heavy atom. The fourth-order valence-electron chi connectivity index (χ4n) is 4.04. The molecule has 0 aliphatic carbocycles. The summed E-state index contributed by atoms with van der Waals surface area (Å²) in [4.78, 5) is 28.4. The second-order valence-corrected chi connectivity index (χ2v) is 7.26. The predicted octanol–water partition coefficient (Wildman–Crippen LogP) is 2.87. The van der Waals surface area contributed by atoms with Crippen LogP contribution in [0.2, 0.25) is 0 Å². The van der Waals surface area contributed by atoms with Crippen molar-refractivity contribution in [1.82, 2.24) is 9.80 Å². The number of aryl methyl sites for hydroxylation is 1. The molecule has 2 amide bonds. The SMILES string of the molecule is CC(=O)N1C[C@H]2CC[C@@H](C1)N(C(=O)CCCCc1ccccc1)C2. The number of fused-ring (bicyclic) bond motifs is 4. The van der Waals surface area contributed by atoms with E-state index in [0.717, 1.165) is 51.7 Å². The van der Waals surface area contributed by atoms with E-state index < -0.39 is 0 Å². The predicted molar refractivity (Wildman–Crippen MR) is 94.5 cm³/mol. The van der Waals surface area contributed by atoms with E-state index in [1.54, 1.807) is 6.92 Å². The van der Waals surface area contributed by atoms with Crippen LogP contribution in [0.25, 0.3) is 0 Å². The average molecular weight is 328 g/mol. The Hall–Kier alpha value is -1.84. The van der Waals surface area contributed by atoms with E-state index in [0.29, 0.717) is 12.3 Å². The van der Waals surface area contributed by atoms with Gasteiger partial charge in [0.2, 0.25) is 11.8 Å². The molecule has 2 atom stereocenters. The fourth-order valence-corrected chi connectivity index (χ4v) is 4.04. The van der Waals surface area contributed by atoms with Gasteiger partial charge >= 0.3 is 0 Å². The molecule has 0 spiro atoms. The molecule has 0 radical (unpaired) electrons. The molecule has 4 heteroatoms. The minimum absolute atomic E-state index is 0.143. The van der Waals surface area contributed by atoms with Gasteiger partial charge in [0.25, 0.3) is 0 Å². The molecule has 1 aromatic rings. The van der Waals surface area contributed by atoms with Crippen LogP contribution in [0.1, 0.15) is 44.6 Å². The van der Waals surface area contributed by atoms with E-state index in [9.17, 15) is 9.59 Å². The number of nitrogens with zero attached hydrogens (tertiary/aromatic N) is 2. The van der Waals surface area contributed by atoms with E-state index in [4.69, 9.17) is 0 Å². The Kier molecular flexibility index (Phi) is 5.54. The summed E-state index contributed by atoms with van der Waals surface area (Å²) < 4.78 is 0. The summed E-state index contributed by atoms with van der Waals surface area (Å²) in [5.74, 6) is 0.883. The van der Waals surface area contributed by atoms with E-state index in [1.165, 1.54) is 5.56 Å². The normalized spacial score (nSPS) is 23.2. The summed E-state index contributed by atoms with van der Waals surface area (Å²) in [5.41, 5.74) is 1.34. The van der Waals surface area contributed by atoms with Crippen LogP contribution in [-0.4, -0.2) is 47.3 Å². The van der Waals surface area contributed by atoms with Crippen LogP contribution in [0, 0.1) is 5.92 Å². The van der Waals surface area contributed by atoms with Crippen LogP contribution >= 0.6 is 0 Å². The molecular formula is C20H28N2O2. The molecule has 4 nitrogen and oxygen atoms in total. The standard InChI is InChI=1S/C20H28N2O2/c1-16(23)21-13-18-11-12-19(15-21)22(14-18)20(24)10-6-5-9-17-7-3-2-4-8-17/h2-4,7-8,18-19H,5-6,9-15H2,1H3/t18-,19+/m1/s1. The number of benzene rings is 1. The van der Waals surface area contributed by atoms with E-state index in [1.807, 2.05) is 11.0 Å². The van der Waals surface area contributed by atoms with Gasteiger partial charge < -0.3 is 9.80 Å². The number of carbonyl (C=O) groups excluding carboxylic acids is 2. The smallest absolute Gasteiger partial charge is 0.222 e. The number of piperidine rings is 1. The van der Waals surface area contributed by atoms with Gasteiger partial charge in [0.15, 0.2) is 0 Å². The number of hydrogen-bond donors (Lipinski definition) is 0. The summed E-state index contributed by atoms with van der Waals surface area (Å²) in [6.07, 6.45) is 5.86. The highest BCUT2D eigenvalue weighted by Gasteiger charge is 2.37. The van der Waals surface area contributed by atoms with Crippen LogP contribution in [0.4, 0.5) is 0 Å². The lowest BCUT2D eigenvalue weighted by Gasteiger charge is -2.36. The van der Waals surface area contributed by atoms with Gasteiger partial charge in [-0.25, -0.2) is 0 Å². The molecule has 0 N–H and O–H groups in total. The number of amides is 2. The third-order valence-corrected chi connectivity index (χ3v) is 5.43. The van der Waals surface area contributed by atoms with Crippen LogP contribution < -0.4 is 0 Å². The van der Waals surface area contributed by atoms with Gasteiger partial charge in [-0.1, -0.05) is 30.3 Å². The van der Waals surface area contributed by atoms with Gasteiger partial charge in [0.1, 0.15) is 0 Å². The topological polar surface area (TPSA) is 40.6 Å². The number of unbranched alkanes of at least 4 members (excludes halogenated alkanes) is 1. The Labute approximate surface area is 144 Å². The molecule has 3 aliphatic rings. The van der Waals surface area contributed by atoms with Crippen molar-refractivity contribution in [1.29, 1.82) is 0 Å². The first-order chi connectivity index (χ1) is 11.6. The molecule has 4 rings (SSSR count). The van der Waals surface area contributed by atoms with Crippen molar-refractivity contribution >= 4 is 11.8 Å². The maximum atomic E-state index is 12.7. The van der Waals surface area contributed by atoms with Crippen LogP contribution in [0.15, 0.2) is 30.3 Å². The van der Waals surface area contributed by atoms with Gasteiger partial charge in [-0.3, -0.25) is 9.59 Å². The quantitative estimate of drug-likeness (QED) is 0.780. The molecule has 130 valence electrons. The lowest BCUT2D eigenvalue weighted by molar-refractivity contribution is -0.136. The summed E-state index contributed by atoms with van der Waals surface area (Å²) >= 11 is 0. The molecule has 3 saturated heterocycles. The number of hydrogen-bond acceptors (Lipinski definition) is 2. The molecule has 24 heavy (non-hydrogen) atoms. The highest BCUT2D eigenvalue weighted by atomic mass is 16.2. The van der Waals surface area contributed by atoms with Crippen LogP contribution in [0.5, 0.6) is 0 Å². The number of rotatable bonds is 5. The lowest BCUT2D eigenvalue weighted by atomic mass is 9.94. The Bertz CT molecular complexity index is 572. The van der Waals surface area contributed by atoms with Crippen molar-refractivity contribution in [3.8, 4) is 0 Å². The average Bonchev–Trinajstić information content (AvgIpc) is 2.92. The molecule has 0 aromatic heterocycles. The molecule has 0 unspecified atom stereocenters. The third kappa shape index (κ3) is 4.16. The second kappa shape index (κ2) is 7.82. The highest BCUT2D eigenvalue weighted by Crippen LogP contribution is 2.28. The Morgan fingerprint density at radius 2 is 1.83 bits per heavy atom. The first-order valence-corrected chi connectivity index (χ1v) is 9.22. The minimum Gasteiger partial charge on any atom is -0.341 e. The van der Waals surface area contributed by atoms with Gasteiger partial charge in [-0.05, 0) is 43.6 Å². The zero-order valence-corrected chi connectivity index (χ0v) is 14.6. The largest absolute Gasteiger partial charge is 0.341 e. The molecule has 1 aromatic carbocycles. The van der Waals surface area contributed by atoms with E-state index >= 15 is 0 Å². The Balaban J connectivity index is 1.47. The zero-order valence-electron chi connectivity index (χ0n) is 14.6. The molecule has 3 aliphatic heterocycles. The van der Waals surface area contributed by atoms with Crippen LogP contribution in [-0.2, 0) is 16.0 Å². The summed E-state index contributed by atoms with van der Waals surface area (Å²) in [6, 6.07) is 10.7. The molecular weight excluding hydrogens is 300 g/mol. The summed E-state index contributed by atoms with van der Waals surface area (Å²) in [6.45, 7) is 4.03. The van der Waals surface area contributed by atoms with E-state index in [-0.39, 0.29) is 17.9 Å². The van der Waals surface area contributed by atoms with Gasteiger partial charge in [0.05, 0.1) is 0 Å². The second-order valence-electron chi connectivity index (χ2n) is 7.26.